The molecule has 1 heterocycles. The highest BCUT2D eigenvalue weighted by molar-refractivity contribution is 8.00. The van der Waals surface area contributed by atoms with E-state index in [1.165, 1.54) is 19.3 Å². The summed E-state index contributed by atoms with van der Waals surface area (Å²) in [7, 11) is 0. The lowest BCUT2D eigenvalue weighted by atomic mass is 9.84. The molecule has 0 aromatic carbocycles. The minimum atomic E-state index is 0.359. The number of nitrogens with one attached hydrogen (secondary N) is 1. The van der Waals surface area contributed by atoms with Crippen molar-refractivity contribution in [2.45, 2.75) is 30.9 Å². The predicted octanol–water partition coefficient (Wildman–Crippen LogP) is 2.96. The lowest BCUT2D eigenvalue weighted by Crippen LogP contribution is -2.40. The van der Waals surface area contributed by atoms with E-state index in [2.05, 4.69) is 22.6 Å². The third-order valence-electron chi connectivity index (χ3n) is 3.55. The molecule has 0 amide bonds. The number of thioether (sulfide) groups is 1. The van der Waals surface area contributed by atoms with Gasteiger partial charge in [0.1, 0.15) is 11.9 Å². The van der Waals surface area contributed by atoms with Crippen molar-refractivity contribution in [3.05, 3.63) is 23.4 Å². The molecule has 1 aromatic heterocycles. The number of hydrogen-bond donors (Lipinski definition) is 1. The molecule has 0 atom stereocenters. The Kier molecular flexibility index (Phi) is 3.58. The number of rotatable bonds is 4. The van der Waals surface area contributed by atoms with E-state index in [1.807, 2.05) is 24.8 Å². The number of pyridine rings is 1. The molecule has 1 aliphatic rings. The van der Waals surface area contributed by atoms with Gasteiger partial charge in [0.25, 0.3) is 0 Å². The quantitative estimate of drug-likeness (QED) is 0.888. The summed E-state index contributed by atoms with van der Waals surface area (Å²) < 4.78 is 0.359. The molecule has 4 heteroatoms. The van der Waals surface area contributed by atoms with Gasteiger partial charge in [-0.1, -0.05) is 6.42 Å². The summed E-state index contributed by atoms with van der Waals surface area (Å²) in [5, 5.41) is 12.5. The molecule has 1 aromatic rings. The molecular weight excluding hydrogens is 230 g/mol. The average Bonchev–Trinajstić information content (AvgIpc) is 2.28. The SMILES string of the molecule is CSC1(CNc2nccc(C)c2C#N)CCC1. The maximum absolute atomic E-state index is 9.12. The van der Waals surface area contributed by atoms with Gasteiger partial charge in [-0.2, -0.15) is 17.0 Å². The van der Waals surface area contributed by atoms with E-state index >= 15 is 0 Å². The molecule has 0 bridgehead atoms. The molecule has 3 nitrogen and oxygen atoms in total. The molecule has 0 unspecified atom stereocenters. The summed E-state index contributed by atoms with van der Waals surface area (Å²) in [5.74, 6) is 0.729. The molecule has 1 fully saturated rings. The van der Waals surface area contributed by atoms with Crippen molar-refractivity contribution in [3.8, 4) is 6.07 Å². The van der Waals surface area contributed by atoms with Gasteiger partial charge in [-0.05, 0) is 37.7 Å². The van der Waals surface area contributed by atoms with Crippen LogP contribution in [0.15, 0.2) is 12.3 Å². The molecule has 1 N–H and O–H groups in total. The van der Waals surface area contributed by atoms with Gasteiger partial charge in [0.15, 0.2) is 0 Å². The Balaban J connectivity index is 2.09. The molecule has 0 radical (unpaired) electrons. The standard InChI is InChI=1S/C13H17N3S/c1-10-4-7-15-12(11(10)8-14)16-9-13(17-2)5-3-6-13/h4,7H,3,5-6,9H2,1-2H3,(H,15,16). The van der Waals surface area contributed by atoms with Crippen LogP contribution < -0.4 is 5.32 Å². The fraction of sp³-hybridized carbons (Fsp3) is 0.538. The Morgan fingerprint density at radius 3 is 2.88 bits per heavy atom. The van der Waals surface area contributed by atoms with E-state index in [-0.39, 0.29) is 0 Å². The van der Waals surface area contributed by atoms with Crippen LogP contribution >= 0.6 is 11.8 Å². The fourth-order valence-corrected chi connectivity index (χ4v) is 3.02. The minimum absolute atomic E-state index is 0.359. The zero-order valence-corrected chi connectivity index (χ0v) is 11.1. The van der Waals surface area contributed by atoms with Crippen LogP contribution in [0.2, 0.25) is 0 Å². The molecular formula is C13H17N3S. The maximum Gasteiger partial charge on any atom is 0.144 e. The number of nitrogens with zero attached hydrogens (tertiary/aromatic N) is 2. The zero-order chi connectivity index (χ0) is 12.3. The first-order valence-corrected chi connectivity index (χ1v) is 7.08. The number of aromatic nitrogens is 1. The fourth-order valence-electron chi connectivity index (χ4n) is 2.10. The van der Waals surface area contributed by atoms with Crippen molar-refractivity contribution >= 4 is 17.6 Å². The van der Waals surface area contributed by atoms with Crippen LogP contribution in [0.4, 0.5) is 5.82 Å². The van der Waals surface area contributed by atoms with Crippen LogP contribution in [0.1, 0.15) is 30.4 Å². The lowest BCUT2D eigenvalue weighted by Gasteiger charge is -2.40. The third-order valence-corrected chi connectivity index (χ3v) is 4.97. The Labute approximate surface area is 107 Å². The second-order valence-electron chi connectivity index (χ2n) is 4.56. The summed E-state index contributed by atoms with van der Waals surface area (Å²) in [6.45, 7) is 2.85. The number of aryl methyl sites for hydroxylation is 1. The van der Waals surface area contributed by atoms with Crippen LogP contribution in [-0.2, 0) is 0 Å². The highest BCUT2D eigenvalue weighted by Crippen LogP contribution is 2.42. The van der Waals surface area contributed by atoms with Gasteiger partial charge < -0.3 is 5.32 Å². The van der Waals surface area contributed by atoms with E-state index in [1.54, 1.807) is 6.20 Å². The van der Waals surface area contributed by atoms with Crippen molar-refractivity contribution in [2.75, 3.05) is 18.1 Å². The molecule has 1 saturated carbocycles. The molecule has 17 heavy (non-hydrogen) atoms. The second-order valence-corrected chi connectivity index (χ2v) is 5.83. The molecule has 1 aliphatic carbocycles. The normalized spacial score (nSPS) is 17.0. The van der Waals surface area contributed by atoms with Crippen LogP contribution in [0.25, 0.3) is 0 Å². The van der Waals surface area contributed by atoms with Crippen LogP contribution in [0.3, 0.4) is 0 Å². The first kappa shape index (κ1) is 12.3. The molecule has 0 spiro atoms. The van der Waals surface area contributed by atoms with E-state index in [4.69, 9.17) is 5.26 Å². The summed E-state index contributed by atoms with van der Waals surface area (Å²) >= 11 is 1.92. The third kappa shape index (κ3) is 2.39. The average molecular weight is 247 g/mol. The number of anilines is 1. The largest absolute Gasteiger partial charge is 0.368 e. The monoisotopic (exact) mass is 247 g/mol. The van der Waals surface area contributed by atoms with Gasteiger partial charge in [-0.25, -0.2) is 4.98 Å². The molecule has 2 rings (SSSR count). The second kappa shape index (κ2) is 4.97. The lowest BCUT2D eigenvalue weighted by molar-refractivity contribution is 0.379. The van der Waals surface area contributed by atoms with E-state index in [0.29, 0.717) is 10.3 Å². The van der Waals surface area contributed by atoms with Gasteiger partial charge in [-0.3, -0.25) is 0 Å². The van der Waals surface area contributed by atoms with Gasteiger partial charge in [0.2, 0.25) is 0 Å². The van der Waals surface area contributed by atoms with Crippen molar-refractivity contribution < 1.29 is 0 Å². The maximum atomic E-state index is 9.12. The smallest absolute Gasteiger partial charge is 0.144 e. The summed E-state index contributed by atoms with van der Waals surface area (Å²) in [5.41, 5.74) is 1.65. The van der Waals surface area contributed by atoms with E-state index in [9.17, 15) is 0 Å². The summed E-state index contributed by atoms with van der Waals surface area (Å²) in [6.07, 6.45) is 7.75. The highest BCUT2D eigenvalue weighted by atomic mass is 32.2. The Hall–Kier alpha value is -1.21. The van der Waals surface area contributed by atoms with Gasteiger partial charge in [0, 0.05) is 17.5 Å². The first-order valence-electron chi connectivity index (χ1n) is 5.85. The first-order chi connectivity index (χ1) is 8.21. The Bertz CT molecular complexity index is 441. The van der Waals surface area contributed by atoms with Crippen molar-refractivity contribution in [3.63, 3.8) is 0 Å². The Morgan fingerprint density at radius 1 is 1.59 bits per heavy atom. The van der Waals surface area contributed by atoms with Crippen molar-refractivity contribution in [2.24, 2.45) is 0 Å². The minimum Gasteiger partial charge on any atom is -0.368 e. The van der Waals surface area contributed by atoms with E-state index in [0.717, 1.165) is 17.9 Å². The summed E-state index contributed by atoms with van der Waals surface area (Å²) in [6, 6.07) is 4.09. The van der Waals surface area contributed by atoms with Crippen LogP contribution in [-0.4, -0.2) is 22.5 Å². The van der Waals surface area contributed by atoms with E-state index < -0.39 is 0 Å². The van der Waals surface area contributed by atoms with Gasteiger partial charge >= 0.3 is 0 Å². The topological polar surface area (TPSA) is 48.7 Å². The van der Waals surface area contributed by atoms with Crippen molar-refractivity contribution in [1.29, 1.82) is 5.26 Å². The molecule has 0 saturated heterocycles. The Morgan fingerprint density at radius 2 is 2.35 bits per heavy atom. The van der Waals surface area contributed by atoms with Crippen LogP contribution in [0, 0.1) is 18.3 Å². The number of nitriles is 1. The van der Waals surface area contributed by atoms with Gasteiger partial charge in [-0.15, -0.1) is 0 Å². The molecule has 0 aliphatic heterocycles. The van der Waals surface area contributed by atoms with Crippen LogP contribution in [0.5, 0.6) is 0 Å². The zero-order valence-electron chi connectivity index (χ0n) is 10.3. The van der Waals surface area contributed by atoms with Gasteiger partial charge in [0.05, 0.1) is 5.56 Å². The summed E-state index contributed by atoms with van der Waals surface area (Å²) in [4.78, 5) is 4.26. The molecule has 90 valence electrons. The predicted molar refractivity (Wildman–Crippen MR) is 72.3 cm³/mol. The highest BCUT2D eigenvalue weighted by Gasteiger charge is 2.36. The number of hydrogen-bond acceptors (Lipinski definition) is 4. The van der Waals surface area contributed by atoms with Crippen molar-refractivity contribution in [1.82, 2.24) is 4.98 Å².